The molecule has 3 aromatic rings. The summed E-state index contributed by atoms with van der Waals surface area (Å²) < 4.78 is 10.7. The molecule has 0 aliphatic carbocycles. The number of nitrogens with zero attached hydrogens (tertiary/aromatic N) is 1. The van der Waals surface area contributed by atoms with Gasteiger partial charge in [-0.1, -0.05) is 36.4 Å². The van der Waals surface area contributed by atoms with Crippen LogP contribution in [0.4, 0.5) is 11.4 Å². The summed E-state index contributed by atoms with van der Waals surface area (Å²) >= 11 is 0. The minimum Gasteiger partial charge on any atom is -0.490 e. The Morgan fingerprint density at radius 3 is 2.59 bits per heavy atom. The molecule has 27 heavy (non-hydrogen) atoms. The maximum Gasteiger partial charge on any atom is 0.311 e. The Balaban J connectivity index is 1.73. The van der Waals surface area contributed by atoms with Crippen molar-refractivity contribution in [2.24, 2.45) is 0 Å². The third-order valence-corrected chi connectivity index (χ3v) is 4.11. The van der Waals surface area contributed by atoms with Crippen LogP contribution in [-0.2, 0) is 4.79 Å². The zero-order chi connectivity index (χ0) is 19.4. The number of hydrogen-bond acceptors (Lipinski definition) is 5. The van der Waals surface area contributed by atoms with E-state index in [1.54, 1.807) is 13.0 Å². The maximum absolute atomic E-state index is 12.3. The van der Waals surface area contributed by atoms with E-state index in [4.69, 9.17) is 9.47 Å². The van der Waals surface area contributed by atoms with Crippen molar-refractivity contribution in [2.75, 3.05) is 19.0 Å². The molecule has 0 unspecified atom stereocenters. The van der Waals surface area contributed by atoms with Crippen molar-refractivity contribution in [3.05, 3.63) is 70.3 Å². The van der Waals surface area contributed by atoms with E-state index in [2.05, 4.69) is 5.32 Å². The van der Waals surface area contributed by atoms with Gasteiger partial charge in [-0.15, -0.1) is 0 Å². The number of nitrogens with one attached hydrogen (secondary N) is 1. The number of benzene rings is 3. The minimum absolute atomic E-state index is 0.0795. The first-order valence-corrected chi connectivity index (χ1v) is 8.23. The second-order valence-corrected chi connectivity index (χ2v) is 5.91. The van der Waals surface area contributed by atoms with Gasteiger partial charge in [0.2, 0.25) is 0 Å². The largest absolute Gasteiger partial charge is 0.490 e. The molecule has 0 aromatic heterocycles. The van der Waals surface area contributed by atoms with E-state index in [0.717, 1.165) is 10.8 Å². The van der Waals surface area contributed by atoms with E-state index in [1.807, 2.05) is 36.4 Å². The molecule has 3 aromatic carbocycles. The second kappa shape index (κ2) is 7.74. The van der Waals surface area contributed by atoms with Crippen molar-refractivity contribution in [3.63, 3.8) is 0 Å². The lowest BCUT2D eigenvalue weighted by atomic mass is 10.1. The van der Waals surface area contributed by atoms with E-state index in [-0.39, 0.29) is 24.0 Å². The molecule has 0 aliphatic heterocycles. The monoisotopic (exact) mass is 366 g/mol. The van der Waals surface area contributed by atoms with Gasteiger partial charge < -0.3 is 14.8 Å². The van der Waals surface area contributed by atoms with Gasteiger partial charge in [0.15, 0.2) is 12.4 Å². The number of nitro benzene ring substituents is 1. The fourth-order valence-corrected chi connectivity index (χ4v) is 2.76. The van der Waals surface area contributed by atoms with E-state index in [9.17, 15) is 14.9 Å². The molecule has 0 saturated heterocycles. The molecule has 0 fully saturated rings. The van der Waals surface area contributed by atoms with Crippen molar-refractivity contribution in [3.8, 4) is 11.5 Å². The van der Waals surface area contributed by atoms with E-state index in [1.165, 1.54) is 19.2 Å². The first-order chi connectivity index (χ1) is 13.0. The molecule has 0 radical (unpaired) electrons. The molecule has 0 aliphatic rings. The normalized spacial score (nSPS) is 10.4. The smallest absolute Gasteiger partial charge is 0.311 e. The number of rotatable bonds is 6. The predicted molar refractivity (Wildman–Crippen MR) is 102 cm³/mol. The number of aryl methyl sites for hydroxylation is 1. The summed E-state index contributed by atoms with van der Waals surface area (Å²) in [5, 5.41) is 15.7. The zero-order valence-electron chi connectivity index (χ0n) is 14.9. The van der Waals surface area contributed by atoms with Crippen LogP contribution in [-0.4, -0.2) is 24.5 Å². The highest BCUT2D eigenvalue weighted by molar-refractivity contribution is 5.94. The Bertz CT molecular complexity index is 1010. The van der Waals surface area contributed by atoms with Gasteiger partial charge in [0, 0.05) is 23.2 Å². The van der Waals surface area contributed by atoms with Gasteiger partial charge >= 0.3 is 5.69 Å². The van der Waals surface area contributed by atoms with Crippen molar-refractivity contribution in [1.82, 2.24) is 0 Å². The Morgan fingerprint density at radius 2 is 1.85 bits per heavy atom. The van der Waals surface area contributed by atoms with Gasteiger partial charge in [0.05, 0.1) is 12.0 Å². The summed E-state index contributed by atoms with van der Waals surface area (Å²) in [6, 6.07) is 16.2. The summed E-state index contributed by atoms with van der Waals surface area (Å²) in [6.45, 7) is 1.49. The highest BCUT2D eigenvalue weighted by atomic mass is 16.6. The SMILES string of the molecule is COc1cc(NC(=O)COc2cccc3ccccc23)c(C)cc1[N+](=O)[O-]. The Labute approximate surface area is 155 Å². The highest BCUT2D eigenvalue weighted by Crippen LogP contribution is 2.32. The molecule has 0 bridgehead atoms. The molecule has 138 valence electrons. The van der Waals surface area contributed by atoms with Crippen LogP contribution in [0.1, 0.15) is 5.56 Å². The standard InChI is InChI=1S/C20H18N2O5/c1-13-10-17(22(24)25)19(26-2)11-16(13)21-20(23)12-27-18-9-5-7-14-6-3-4-8-15(14)18/h3-11H,12H2,1-2H3,(H,21,23). The first kappa shape index (κ1) is 18.2. The quantitative estimate of drug-likeness (QED) is 0.524. The van der Waals surface area contributed by atoms with Gasteiger partial charge in [-0.25, -0.2) is 0 Å². The number of amides is 1. The molecule has 7 nitrogen and oxygen atoms in total. The zero-order valence-corrected chi connectivity index (χ0v) is 14.9. The Morgan fingerprint density at radius 1 is 1.11 bits per heavy atom. The number of carbonyl (C=O) groups excluding carboxylic acids is 1. The van der Waals surface area contributed by atoms with Crippen LogP contribution in [0.25, 0.3) is 10.8 Å². The summed E-state index contributed by atoms with van der Waals surface area (Å²) in [4.78, 5) is 22.8. The van der Waals surface area contributed by atoms with Crippen LogP contribution >= 0.6 is 0 Å². The Kier molecular flexibility index (Phi) is 5.21. The molecular weight excluding hydrogens is 348 g/mol. The van der Waals surface area contributed by atoms with Crippen molar-refractivity contribution in [1.29, 1.82) is 0 Å². The van der Waals surface area contributed by atoms with Crippen molar-refractivity contribution in [2.45, 2.75) is 6.92 Å². The number of ether oxygens (including phenoxy) is 2. The summed E-state index contributed by atoms with van der Waals surface area (Å²) in [6.07, 6.45) is 0. The fraction of sp³-hybridized carbons (Fsp3) is 0.150. The molecule has 1 amide bonds. The maximum atomic E-state index is 12.3. The van der Waals surface area contributed by atoms with Crippen LogP contribution in [0, 0.1) is 17.0 Å². The van der Waals surface area contributed by atoms with Gasteiger partial charge in [-0.2, -0.15) is 0 Å². The van der Waals surface area contributed by atoms with Gasteiger partial charge in [0.1, 0.15) is 5.75 Å². The van der Waals surface area contributed by atoms with Crippen LogP contribution in [0.15, 0.2) is 54.6 Å². The molecular formula is C20H18N2O5. The molecule has 0 atom stereocenters. The summed E-state index contributed by atoms with van der Waals surface area (Å²) in [5.74, 6) is 0.319. The molecule has 0 spiro atoms. The fourth-order valence-electron chi connectivity index (χ4n) is 2.76. The number of anilines is 1. The number of fused-ring (bicyclic) bond motifs is 1. The average molecular weight is 366 g/mol. The van der Waals surface area contributed by atoms with Crippen LogP contribution < -0.4 is 14.8 Å². The van der Waals surface area contributed by atoms with E-state index < -0.39 is 4.92 Å². The first-order valence-electron chi connectivity index (χ1n) is 8.23. The van der Waals surface area contributed by atoms with Crippen LogP contribution in [0.3, 0.4) is 0 Å². The topological polar surface area (TPSA) is 90.7 Å². The molecule has 3 rings (SSSR count). The van der Waals surface area contributed by atoms with Crippen molar-refractivity contribution >= 4 is 28.1 Å². The Hall–Kier alpha value is -3.61. The van der Waals surface area contributed by atoms with Crippen LogP contribution in [0.5, 0.6) is 11.5 Å². The summed E-state index contributed by atoms with van der Waals surface area (Å²) in [5.41, 5.74) is 0.838. The van der Waals surface area contributed by atoms with E-state index >= 15 is 0 Å². The number of carbonyl (C=O) groups is 1. The van der Waals surface area contributed by atoms with E-state index in [0.29, 0.717) is 17.0 Å². The highest BCUT2D eigenvalue weighted by Gasteiger charge is 2.18. The lowest BCUT2D eigenvalue weighted by Crippen LogP contribution is -2.20. The third kappa shape index (κ3) is 3.98. The number of nitro groups is 1. The average Bonchev–Trinajstić information content (AvgIpc) is 2.67. The third-order valence-electron chi connectivity index (χ3n) is 4.11. The predicted octanol–water partition coefficient (Wildman–Crippen LogP) is 4.08. The minimum atomic E-state index is -0.527. The lowest BCUT2D eigenvalue weighted by Gasteiger charge is -2.12. The molecule has 7 heteroatoms. The molecule has 1 N–H and O–H groups in total. The van der Waals surface area contributed by atoms with Gasteiger partial charge in [-0.05, 0) is 23.9 Å². The molecule has 0 heterocycles. The number of methoxy groups -OCH3 is 1. The van der Waals surface area contributed by atoms with Gasteiger partial charge in [-0.3, -0.25) is 14.9 Å². The summed E-state index contributed by atoms with van der Waals surface area (Å²) in [7, 11) is 1.34. The number of hydrogen-bond donors (Lipinski definition) is 1. The van der Waals surface area contributed by atoms with Crippen molar-refractivity contribution < 1.29 is 19.2 Å². The van der Waals surface area contributed by atoms with Gasteiger partial charge in [0.25, 0.3) is 5.91 Å². The molecule has 0 saturated carbocycles. The van der Waals surface area contributed by atoms with Crippen LogP contribution in [0.2, 0.25) is 0 Å². The lowest BCUT2D eigenvalue weighted by molar-refractivity contribution is -0.385. The second-order valence-electron chi connectivity index (χ2n) is 5.91.